The summed E-state index contributed by atoms with van der Waals surface area (Å²) in [5, 5.41) is 11.1. The van der Waals surface area contributed by atoms with Crippen LogP contribution < -0.4 is 5.73 Å². The Morgan fingerprint density at radius 3 is 2.64 bits per heavy atom. The number of nitrogens with two attached hydrogens (primary N) is 1. The van der Waals surface area contributed by atoms with E-state index in [9.17, 15) is 5.11 Å². The lowest BCUT2D eigenvalue weighted by Gasteiger charge is -2.17. The standard InChI is InChI=1S/C22H29N5O/c23-22-21-20(25-18(26-21)13-27-11-5-8-19(27)28)16-10-9-15(12-17(16)24-22)14-6-3-1-2-4-7-14/h9-10,12,14,19,28H,1-8,11,13H2,(H2,23,24)(H,25,26). The molecule has 1 aromatic carbocycles. The topological polar surface area (TPSA) is 91.1 Å². The zero-order valence-electron chi connectivity index (χ0n) is 16.3. The second-order valence-electron chi connectivity index (χ2n) is 8.46. The maximum atomic E-state index is 10.1. The van der Waals surface area contributed by atoms with Crippen LogP contribution in [0.1, 0.15) is 68.7 Å². The number of fused-ring (bicyclic) bond motifs is 3. The van der Waals surface area contributed by atoms with E-state index in [1.54, 1.807) is 0 Å². The smallest absolute Gasteiger partial charge is 0.152 e. The van der Waals surface area contributed by atoms with Crippen LogP contribution in [0.4, 0.5) is 5.82 Å². The van der Waals surface area contributed by atoms with Crippen molar-refractivity contribution in [3.63, 3.8) is 0 Å². The summed E-state index contributed by atoms with van der Waals surface area (Å²) < 4.78 is 0. The van der Waals surface area contributed by atoms with Gasteiger partial charge in [-0.1, -0.05) is 37.8 Å². The van der Waals surface area contributed by atoms with E-state index in [0.29, 0.717) is 18.3 Å². The number of hydrogen-bond acceptors (Lipinski definition) is 5. The molecule has 0 bridgehead atoms. The van der Waals surface area contributed by atoms with Crippen molar-refractivity contribution in [2.24, 2.45) is 0 Å². The van der Waals surface area contributed by atoms with Crippen LogP contribution in [0.2, 0.25) is 0 Å². The Bertz CT molecular complexity index is 989. The number of aliphatic hydroxyl groups is 1. The van der Waals surface area contributed by atoms with Crippen molar-refractivity contribution in [1.82, 2.24) is 19.9 Å². The van der Waals surface area contributed by atoms with Gasteiger partial charge in [-0.05, 0) is 43.2 Å². The lowest BCUT2D eigenvalue weighted by atomic mass is 9.91. The fourth-order valence-electron chi connectivity index (χ4n) is 4.96. The number of imidazole rings is 1. The quantitative estimate of drug-likeness (QED) is 0.597. The van der Waals surface area contributed by atoms with E-state index < -0.39 is 0 Å². The Morgan fingerprint density at radius 1 is 1.07 bits per heavy atom. The molecule has 1 aliphatic carbocycles. The molecular formula is C22H29N5O. The second kappa shape index (κ2) is 7.33. The lowest BCUT2D eigenvalue weighted by molar-refractivity contribution is 0.0314. The highest BCUT2D eigenvalue weighted by Gasteiger charge is 2.24. The first-order valence-electron chi connectivity index (χ1n) is 10.7. The van der Waals surface area contributed by atoms with Crippen molar-refractivity contribution in [2.45, 2.75) is 70.1 Å². The molecule has 1 atom stereocenters. The van der Waals surface area contributed by atoms with Gasteiger partial charge in [-0.3, -0.25) is 4.90 Å². The summed E-state index contributed by atoms with van der Waals surface area (Å²) in [7, 11) is 0. The number of nitrogens with one attached hydrogen (secondary N) is 1. The first kappa shape index (κ1) is 17.9. The molecule has 1 aliphatic heterocycles. The number of aliphatic hydroxyl groups excluding tert-OH is 1. The number of nitrogen functional groups attached to an aromatic ring is 1. The van der Waals surface area contributed by atoms with Crippen LogP contribution in [0, 0.1) is 0 Å². The van der Waals surface area contributed by atoms with Crippen molar-refractivity contribution >= 4 is 27.8 Å². The summed E-state index contributed by atoms with van der Waals surface area (Å²) in [6, 6.07) is 6.67. The maximum Gasteiger partial charge on any atom is 0.152 e. The molecule has 2 fully saturated rings. The molecule has 0 radical (unpaired) electrons. The van der Waals surface area contributed by atoms with Gasteiger partial charge in [0.1, 0.15) is 17.6 Å². The van der Waals surface area contributed by atoms with Gasteiger partial charge in [0.25, 0.3) is 0 Å². The highest BCUT2D eigenvalue weighted by molar-refractivity contribution is 6.06. The van der Waals surface area contributed by atoms with E-state index in [0.717, 1.165) is 47.1 Å². The van der Waals surface area contributed by atoms with Crippen molar-refractivity contribution in [2.75, 3.05) is 12.3 Å². The summed E-state index contributed by atoms with van der Waals surface area (Å²) in [5.41, 5.74) is 10.3. The Labute approximate surface area is 165 Å². The molecule has 1 unspecified atom stereocenters. The minimum Gasteiger partial charge on any atom is -0.382 e. The van der Waals surface area contributed by atoms with Crippen molar-refractivity contribution < 1.29 is 5.11 Å². The molecule has 148 valence electrons. The van der Waals surface area contributed by atoms with Crippen LogP contribution in [0.3, 0.4) is 0 Å². The largest absolute Gasteiger partial charge is 0.382 e. The highest BCUT2D eigenvalue weighted by Crippen LogP contribution is 2.34. The molecule has 6 nitrogen and oxygen atoms in total. The molecule has 0 spiro atoms. The lowest BCUT2D eigenvalue weighted by Crippen LogP contribution is -2.28. The highest BCUT2D eigenvalue weighted by atomic mass is 16.3. The fraction of sp³-hybridized carbons (Fsp3) is 0.545. The molecule has 3 heterocycles. The van der Waals surface area contributed by atoms with E-state index in [2.05, 4.69) is 33.2 Å². The number of anilines is 1. The molecule has 1 saturated heterocycles. The van der Waals surface area contributed by atoms with Gasteiger partial charge in [-0.2, -0.15) is 0 Å². The molecular weight excluding hydrogens is 350 g/mol. The number of benzene rings is 1. The van der Waals surface area contributed by atoms with Gasteiger partial charge in [-0.25, -0.2) is 9.97 Å². The summed E-state index contributed by atoms with van der Waals surface area (Å²) in [6.07, 6.45) is 9.40. The van der Waals surface area contributed by atoms with Crippen LogP contribution in [0.5, 0.6) is 0 Å². The number of nitrogens with zero attached hydrogens (tertiary/aromatic N) is 3. The van der Waals surface area contributed by atoms with Crippen molar-refractivity contribution in [3.05, 3.63) is 29.6 Å². The molecule has 3 aromatic rings. The second-order valence-corrected chi connectivity index (χ2v) is 8.46. The maximum absolute atomic E-state index is 10.1. The molecule has 2 aliphatic rings. The number of likely N-dealkylation sites (tertiary alicyclic amines) is 1. The van der Waals surface area contributed by atoms with Gasteiger partial charge >= 0.3 is 0 Å². The average Bonchev–Trinajstić information content (AvgIpc) is 3.19. The Balaban J connectivity index is 1.51. The van der Waals surface area contributed by atoms with Crippen LogP contribution >= 0.6 is 0 Å². The van der Waals surface area contributed by atoms with Crippen LogP contribution in [-0.2, 0) is 6.54 Å². The predicted molar refractivity (Wildman–Crippen MR) is 112 cm³/mol. The van der Waals surface area contributed by atoms with Crippen LogP contribution in [0.25, 0.3) is 21.9 Å². The summed E-state index contributed by atoms with van der Waals surface area (Å²) in [6.45, 7) is 1.51. The molecule has 6 heteroatoms. The van der Waals surface area contributed by atoms with Crippen LogP contribution in [0.15, 0.2) is 18.2 Å². The van der Waals surface area contributed by atoms with Crippen molar-refractivity contribution in [1.29, 1.82) is 0 Å². The Morgan fingerprint density at radius 2 is 1.89 bits per heavy atom. The number of rotatable bonds is 3. The van der Waals surface area contributed by atoms with Gasteiger partial charge in [0.15, 0.2) is 5.82 Å². The van der Waals surface area contributed by atoms with E-state index in [1.807, 2.05) is 4.90 Å². The minimum absolute atomic E-state index is 0.373. The first-order chi connectivity index (χ1) is 13.7. The number of pyridine rings is 1. The molecule has 0 amide bonds. The first-order valence-corrected chi connectivity index (χ1v) is 10.7. The Kier molecular flexibility index (Phi) is 4.69. The third kappa shape index (κ3) is 3.25. The third-order valence-corrected chi connectivity index (χ3v) is 6.54. The SMILES string of the molecule is Nc1nc2cc(C3CCCCCC3)ccc2c2[nH]c(CN3CCCC3O)nc12. The van der Waals surface area contributed by atoms with Gasteiger partial charge in [-0.15, -0.1) is 0 Å². The minimum atomic E-state index is -0.373. The monoisotopic (exact) mass is 379 g/mol. The molecule has 5 rings (SSSR count). The summed E-state index contributed by atoms with van der Waals surface area (Å²) in [5.74, 6) is 1.95. The molecule has 4 N–H and O–H groups in total. The summed E-state index contributed by atoms with van der Waals surface area (Å²) in [4.78, 5) is 14.9. The van der Waals surface area contributed by atoms with E-state index in [4.69, 9.17) is 5.73 Å². The molecule has 28 heavy (non-hydrogen) atoms. The zero-order valence-corrected chi connectivity index (χ0v) is 16.3. The van der Waals surface area contributed by atoms with E-state index >= 15 is 0 Å². The normalized spacial score (nSPS) is 22.2. The third-order valence-electron chi connectivity index (χ3n) is 6.54. The van der Waals surface area contributed by atoms with Crippen molar-refractivity contribution in [3.8, 4) is 0 Å². The zero-order chi connectivity index (χ0) is 19.1. The average molecular weight is 380 g/mol. The Hall–Kier alpha value is -2.18. The number of hydrogen-bond donors (Lipinski definition) is 3. The fourth-order valence-corrected chi connectivity index (χ4v) is 4.96. The van der Waals surface area contributed by atoms with E-state index in [1.165, 1.54) is 44.1 Å². The van der Waals surface area contributed by atoms with Gasteiger partial charge in [0, 0.05) is 11.9 Å². The predicted octanol–water partition coefficient (Wildman–Crippen LogP) is 4.05. The number of aromatic amines is 1. The summed E-state index contributed by atoms with van der Waals surface area (Å²) >= 11 is 0. The van der Waals surface area contributed by atoms with Crippen LogP contribution in [-0.4, -0.2) is 37.7 Å². The van der Waals surface area contributed by atoms with Gasteiger partial charge in [0.2, 0.25) is 0 Å². The number of aromatic nitrogens is 3. The van der Waals surface area contributed by atoms with Gasteiger partial charge < -0.3 is 15.8 Å². The van der Waals surface area contributed by atoms with E-state index in [-0.39, 0.29) is 6.23 Å². The number of H-pyrrole nitrogens is 1. The molecule has 1 saturated carbocycles. The molecule has 2 aromatic heterocycles. The van der Waals surface area contributed by atoms with Gasteiger partial charge in [0.05, 0.1) is 17.6 Å².